The van der Waals surface area contributed by atoms with Gasteiger partial charge in [-0.1, -0.05) is 55.7 Å². The lowest BCUT2D eigenvalue weighted by Crippen LogP contribution is -2.07. The fourth-order valence-corrected chi connectivity index (χ4v) is 4.45. The second-order valence-electron chi connectivity index (χ2n) is 8.16. The number of phenols is 3. The molecule has 0 amide bonds. The Morgan fingerprint density at radius 2 is 1.17 bits per heavy atom. The van der Waals surface area contributed by atoms with Crippen molar-refractivity contribution in [2.45, 2.75) is 50.9 Å². The Hall–Kier alpha value is -2.94. The molecule has 0 aliphatic heterocycles. The van der Waals surface area contributed by atoms with E-state index in [1.165, 1.54) is 19.3 Å². The normalized spacial score (nSPS) is 14.8. The highest BCUT2D eigenvalue weighted by Crippen LogP contribution is 2.40. The first kappa shape index (κ1) is 19.4. The van der Waals surface area contributed by atoms with Gasteiger partial charge in [-0.15, -0.1) is 0 Å². The molecule has 0 radical (unpaired) electrons. The summed E-state index contributed by atoms with van der Waals surface area (Å²) in [5, 5.41) is 30.4. The maximum absolute atomic E-state index is 11.3. The first-order valence-electron chi connectivity index (χ1n) is 10.5. The van der Waals surface area contributed by atoms with Gasteiger partial charge in [0.2, 0.25) is 0 Å². The van der Waals surface area contributed by atoms with Crippen LogP contribution in [0.15, 0.2) is 60.7 Å². The van der Waals surface area contributed by atoms with Crippen molar-refractivity contribution in [1.29, 1.82) is 0 Å². The molecule has 3 aromatic rings. The highest BCUT2D eigenvalue weighted by atomic mass is 16.3. The smallest absolute Gasteiger partial charge is 0.122 e. The van der Waals surface area contributed by atoms with Crippen molar-refractivity contribution in [1.82, 2.24) is 0 Å². The second-order valence-corrected chi connectivity index (χ2v) is 8.16. The third-order valence-electron chi connectivity index (χ3n) is 6.10. The van der Waals surface area contributed by atoms with Gasteiger partial charge >= 0.3 is 0 Å². The Kier molecular flexibility index (Phi) is 5.75. The van der Waals surface area contributed by atoms with Crippen LogP contribution in [-0.2, 0) is 12.8 Å². The van der Waals surface area contributed by atoms with Crippen molar-refractivity contribution in [3.8, 4) is 17.2 Å². The lowest BCUT2D eigenvalue weighted by molar-refractivity contribution is 0.411. The van der Waals surface area contributed by atoms with E-state index in [1.807, 2.05) is 24.3 Å². The van der Waals surface area contributed by atoms with Gasteiger partial charge in [0.05, 0.1) is 0 Å². The number of aromatic hydroxyl groups is 3. The quantitative estimate of drug-likeness (QED) is 0.500. The summed E-state index contributed by atoms with van der Waals surface area (Å²) in [6.07, 6.45) is 7.36. The highest BCUT2D eigenvalue weighted by molar-refractivity contribution is 5.51. The second kappa shape index (κ2) is 8.60. The topological polar surface area (TPSA) is 60.7 Å². The fourth-order valence-electron chi connectivity index (χ4n) is 4.45. The molecule has 3 heteroatoms. The maximum atomic E-state index is 11.3. The van der Waals surface area contributed by atoms with Gasteiger partial charge in [0.25, 0.3) is 0 Å². The minimum Gasteiger partial charge on any atom is -0.508 e. The van der Waals surface area contributed by atoms with E-state index in [4.69, 9.17) is 0 Å². The van der Waals surface area contributed by atoms with Crippen LogP contribution < -0.4 is 0 Å². The van der Waals surface area contributed by atoms with E-state index < -0.39 is 0 Å². The van der Waals surface area contributed by atoms with E-state index in [2.05, 4.69) is 12.1 Å². The molecule has 1 saturated carbocycles. The highest BCUT2D eigenvalue weighted by Gasteiger charge is 2.22. The summed E-state index contributed by atoms with van der Waals surface area (Å²) in [6, 6.07) is 18.7. The minimum atomic E-state index is 0.248. The van der Waals surface area contributed by atoms with Gasteiger partial charge in [0.1, 0.15) is 17.2 Å². The van der Waals surface area contributed by atoms with Gasteiger partial charge in [-0.05, 0) is 71.7 Å². The van der Waals surface area contributed by atoms with Gasteiger partial charge in [-0.2, -0.15) is 0 Å². The molecule has 29 heavy (non-hydrogen) atoms. The predicted molar refractivity (Wildman–Crippen MR) is 116 cm³/mol. The fraction of sp³-hybridized carbons (Fsp3) is 0.308. The molecule has 0 bridgehead atoms. The van der Waals surface area contributed by atoms with E-state index in [0.717, 1.165) is 40.7 Å². The molecule has 1 aliphatic rings. The van der Waals surface area contributed by atoms with Crippen LogP contribution in [0.1, 0.15) is 65.8 Å². The van der Waals surface area contributed by atoms with Crippen LogP contribution in [0.2, 0.25) is 0 Å². The number of benzene rings is 3. The van der Waals surface area contributed by atoms with E-state index in [9.17, 15) is 15.3 Å². The summed E-state index contributed by atoms with van der Waals surface area (Å²) < 4.78 is 0. The zero-order chi connectivity index (χ0) is 20.2. The van der Waals surface area contributed by atoms with Crippen molar-refractivity contribution in [3.63, 3.8) is 0 Å². The van der Waals surface area contributed by atoms with Gasteiger partial charge < -0.3 is 15.3 Å². The summed E-state index contributed by atoms with van der Waals surface area (Å²) in [5.41, 5.74) is 5.30. The number of phenolic OH excluding ortho intramolecular Hbond substituents is 3. The molecule has 3 aromatic carbocycles. The van der Waals surface area contributed by atoms with Crippen LogP contribution in [0.4, 0.5) is 0 Å². The van der Waals surface area contributed by atoms with Crippen molar-refractivity contribution >= 4 is 0 Å². The largest absolute Gasteiger partial charge is 0.508 e. The van der Waals surface area contributed by atoms with Crippen LogP contribution in [0.5, 0.6) is 17.2 Å². The first-order valence-corrected chi connectivity index (χ1v) is 10.5. The number of hydrogen-bond acceptors (Lipinski definition) is 3. The Bertz CT molecular complexity index is 952. The predicted octanol–water partition coefficient (Wildman–Crippen LogP) is 6.03. The van der Waals surface area contributed by atoms with Crippen molar-refractivity contribution in [3.05, 3.63) is 88.5 Å². The molecular formula is C26H28O3. The Morgan fingerprint density at radius 3 is 1.76 bits per heavy atom. The average molecular weight is 389 g/mol. The number of hydrogen-bond donors (Lipinski definition) is 3. The molecule has 0 heterocycles. The van der Waals surface area contributed by atoms with E-state index in [1.54, 1.807) is 24.3 Å². The number of rotatable bonds is 5. The van der Waals surface area contributed by atoms with Crippen LogP contribution in [0.25, 0.3) is 0 Å². The van der Waals surface area contributed by atoms with Gasteiger partial charge in [0, 0.05) is 12.0 Å². The zero-order valence-corrected chi connectivity index (χ0v) is 16.6. The maximum Gasteiger partial charge on any atom is 0.122 e. The summed E-state index contributed by atoms with van der Waals surface area (Å²) >= 11 is 0. The van der Waals surface area contributed by atoms with E-state index in [0.29, 0.717) is 24.5 Å². The van der Waals surface area contributed by atoms with Gasteiger partial charge in [-0.25, -0.2) is 0 Å². The van der Waals surface area contributed by atoms with Crippen LogP contribution in [0, 0.1) is 0 Å². The van der Waals surface area contributed by atoms with Crippen molar-refractivity contribution in [2.24, 2.45) is 0 Å². The van der Waals surface area contributed by atoms with Crippen LogP contribution in [0.3, 0.4) is 0 Å². The summed E-state index contributed by atoms with van der Waals surface area (Å²) in [5.74, 6) is 1.37. The molecule has 0 spiro atoms. The van der Waals surface area contributed by atoms with Crippen molar-refractivity contribution in [2.75, 3.05) is 0 Å². The average Bonchev–Trinajstić information content (AvgIpc) is 2.74. The first-order chi connectivity index (χ1) is 14.1. The molecule has 0 saturated heterocycles. The molecule has 4 rings (SSSR count). The van der Waals surface area contributed by atoms with E-state index in [-0.39, 0.29) is 11.5 Å². The molecule has 0 atom stereocenters. The molecule has 1 aliphatic carbocycles. The van der Waals surface area contributed by atoms with Crippen molar-refractivity contribution < 1.29 is 15.3 Å². The zero-order valence-electron chi connectivity index (χ0n) is 16.6. The SMILES string of the molecule is Oc1ccc(Cc2ccc(C3CCCCC3)c(O)c2Cc2ccc(O)cc2)cc1. The van der Waals surface area contributed by atoms with Gasteiger partial charge in [-0.3, -0.25) is 0 Å². The molecular weight excluding hydrogens is 360 g/mol. The molecule has 150 valence electrons. The summed E-state index contributed by atoms with van der Waals surface area (Å²) in [7, 11) is 0. The molecule has 0 unspecified atom stereocenters. The van der Waals surface area contributed by atoms with Crippen LogP contribution >= 0.6 is 0 Å². The monoisotopic (exact) mass is 388 g/mol. The minimum absolute atomic E-state index is 0.248. The lowest BCUT2D eigenvalue weighted by Gasteiger charge is -2.25. The third kappa shape index (κ3) is 4.56. The Morgan fingerprint density at radius 1 is 0.621 bits per heavy atom. The third-order valence-corrected chi connectivity index (χ3v) is 6.10. The standard InChI is InChI=1S/C26H28O3/c27-22-11-6-18(7-12-22)16-21-10-15-24(20-4-2-1-3-5-20)26(29)25(21)17-19-8-13-23(28)14-9-19/h6-15,20,27-29H,1-5,16-17H2. The molecule has 0 aromatic heterocycles. The van der Waals surface area contributed by atoms with Crippen LogP contribution in [-0.4, -0.2) is 15.3 Å². The Balaban J connectivity index is 1.71. The van der Waals surface area contributed by atoms with Gasteiger partial charge in [0.15, 0.2) is 0 Å². The Labute approximate surface area is 172 Å². The van der Waals surface area contributed by atoms with E-state index >= 15 is 0 Å². The summed E-state index contributed by atoms with van der Waals surface area (Å²) in [4.78, 5) is 0. The molecule has 3 nitrogen and oxygen atoms in total. The lowest BCUT2D eigenvalue weighted by atomic mass is 9.81. The summed E-state index contributed by atoms with van der Waals surface area (Å²) in [6.45, 7) is 0. The molecule has 1 fully saturated rings. The molecule has 3 N–H and O–H groups in total.